The highest BCUT2D eigenvalue weighted by Gasteiger charge is 2.44. The monoisotopic (exact) mass is 448 g/mol. The maximum Gasteiger partial charge on any atom is 0.461 e. The van der Waals surface area contributed by atoms with Crippen molar-refractivity contribution in [1.82, 2.24) is 10.2 Å². The lowest BCUT2D eigenvalue weighted by Crippen LogP contribution is -2.47. The quantitative estimate of drug-likeness (QED) is 0.663. The second kappa shape index (κ2) is 11.4. The highest BCUT2D eigenvalue weighted by Crippen LogP contribution is 2.36. The zero-order chi connectivity index (χ0) is 18.6. The van der Waals surface area contributed by atoms with Crippen LogP contribution in [0.5, 0.6) is 5.75 Å². The van der Waals surface area contributed by atoms with E-state index in [1.54, 1.807) is 12.1 Å². The zero-order valence-electron chi connectivity index (χ0n) is 15.3. The Kier molecular flexibility index (Phi) is 10.3. The molecule has 1 atom stereocenters. The van der Waals surface area contributed by atoms with Crippen molar-refractivity contribution < 1.29 is 27.0 Å². The second-order valence-corrected chi connectivity index (χ2v) is 6.71. The average molecular weight is 449 g/mol. The average Bonchev–Trinajstić information content (AvgIpc) is 2.65. The molecule has 0 radical (unpaired) electrons. The molecule has 2 saturated heterocycles. The molecule has 0 bridgehead atoms. The van der Waals surface area contributed by atoms with Gasteiger partial charge in [0, 0.05) is 45.4 Å². The van der Waals surface area contributed by atoms with E-state index in [0.717, 1.165) is 57.8 Å². The van der Waals surface area contributed by atoms with Crippen LogP contribution >= 0.6 is 24.8 Å². The molecule has 0 spiro atoms. The van der Waals surface area contributed by atoms with Crippen LogP contribution in [0.1, 0.15) is 24.4 Å². The van der Waals surface area contributed by atoms with E-state index in [9.17, 15) is 17.6 Å². The topological polar surface area (TPSA) is 33.7 Å². The van der Waals surface area contributed by atoms with Gasteiger partial charge in [0.1, 0.15) is 5.75 Å². The molecule has 2 aliphatic rings. The van der Waals surface area contributed by atoms with Gasteiger partial charge in [-0.15, -0.1) is 24.8 Å². The zero-order valence-corrected chi connectivity index (χ0v) is 16.9. The van der Waals surface area contributed by atoms with Gasteiger partial charge >= 0.3 is 12.5 Å². The first-order chi connectivity index (χ1) is 12.5. The number of rotatable bonds is 6. The van der Waals surface area contributed by atoms with Gasteiger partial charge in [0.05, 0.1) is 0 Å². The molecule has 4 nitrogen and oxygen atoms in total. The van der Waals surface area contributed by atoms with Crippen molar-refractivity contribution in [3.63, 3.8) is 0 Å². The molecule has 0 unspecified atom stereocenters. The molecule has 2 fully saturated rings. The number of alkyl halides is 4. The summed E-state index contributed by atoms with van der Waals surface area (Å²) in [6.45, 7) is 5.06. The molecular weight excluding hydrogens is 423 g/mol. The van der Waals surface area contributed by atoms with Crippen molar-refractivity contribution in [2.75, 3.05) is 39.4 Å². The van der Waals surface area contributed by atoms with Crippen molar-refractivity contribution >= 4 is 24.8 Å². The first-order valence-corrected chi connectivity index (χ1v) is 8.95. The summed E-state index contributed by atoms with van der Waals surface area (Å²) in [7, 11) is 0. The number of benzene rings is 1. The normalized spacial score (nSPS) is 20.2. The van der Waals surface area contributed by atoms with Gasteiger partial charge < -0.3 is 14.8 Å². The Bertz CT molecular complexity index is 551. The lowest BCUT2D eigenvalue weighted by atomic mass is 9.85. The SMILES string of the molecule is Cl.Cl.FC(F)C(F)(F)Oc1ccc([C@H](C2CCOCC2)N2CCNCC2)cc1. The Balaban J connectivity index is 0.00000196. The van der Waals surface area contributed by atoms with Crippen molar-refractivity contribution in [3.05, 3.63) is 29.8 Å². The van der Waals surface area contributed by atoms with Crippen LogP contribution in [0.4, 0.5) is 17.6 Å². The van der Waals surface area contributed by atoms with Gasteiger partial charge in [-0.2, -0.15) is 17.6 Å². The van der Waals surface area contributed by atoms with Crippen molar-refractivity contribution in [2.24, 2.45) is 5.92 Å². The van der Waals surface area contributed by atoms with Crippen LogP contribution in [0.2, 0.25) is 0 Å². The third-order valence-electron chi connectivity index (χ3n) is 4.99. The van der Waals surface area contributed by atoms with E-state index in [1.807, 2.05) is 0 Å². The summed E-state index contributed by atoms with van der Waals surface area (Å²) in [5.74, 6) is 0.154. The van der Waals surface area contributed by atoms with Crippen LogP contribution in [0, 0.1) is 5.92 Å². The van der Waals surface area contributed by atoms with Crippen molar-refractivity contribution in [2.45, 2.75) is 31.4 Å². The van der Waals surface area contributed by atoms with Crippen molar-refractivity contribution in [1.29, 1.82) is 0 Å². The van der Waals surface area contributed by atoms with Crippen LogP contribution in [-0.4, -0.2) is 56.8 Å². The Hall–Kier alpha value is -0.800. The molecule has 162 valence electrons. The van der Waals surface area contributed by atoms with E-state index >= 15 is 0 Å². The number of nitrogens with zero attached hydrogens (tertiary/aromatic N) is 1. The minimum Gasteiger partial charge on any atom is -0.428 e. The summed E-state index contributed by atoms with van der Waals surface area (Å²) in [5.41, 5.74) is 0.992. The standard InChI is InChI=1S/C18H24F4N2O2.2ClH/c19-17(20)18(21,22)26-15-3-1-13(2-4-15)16(14-5-11-25-12-6-14)24-9-7-23-8-10-24;;/h1-4,14,16-17,23H,5-12H2;2*1H/t16-;;/m1../s1. The van der Waals surface area contributed by atoms with Gasteiger partial charge in [0.2, 0.25) is 0 Å². The fourth-order valence-electron chi connectivity index (χ4n) is 3.71. The Morgan fingerprint density at radius 1 is 1.04 bits per heavy atom. The molecule has 1 N–H and O–H groups in total. The molecule has 3 rings (SSSR count). The molecule has 1 aromatic carbocycles. The van der Waals surface area contributed by atoms with Crippen LogP contribution in [0.15, 0.2) is 24.3 Å². The molecule has 0 saturated carbocycles. The molecule has 2 aliphatic heterocycles. The summed E-state index contributed by atoms with van der Waals surface area (Å²) in [6, 6.07) is 6.27. The van der Waals surface area contributed by atoms with Gasteiger partial charge in [0.15, 0.2) is 0 Å². The third-order valence-corrected chi connectivity index (χ3v) is 4.99. The second-order valence-electron chi connectivity index (χ2n) is 6.71. The van der Waals surface area contributed by atoms with Crippen LogP contribution in [-0.2, 0) is 4.74 Å². The number of hydrogen-bond donors (Lipinski definition) is 1. The van der Waals surface area contributed by atoms with E-state index in [4.69, 9.17) is 4.74 Å². The predicted molar refractivity (Wildman–Crippen MR) is 103 cm³/mol. The van der Waals surface area contributed by atoms with E-state index in [2.05, 4.69) is 15.0 Å². The van der Waals surface area contributed by atoms with Gasteiger partial charge in [-0.05, 0) is 36.5 Å². The third kappa shape index (κ3) is 6.35. The summed E-state index contributed by atoms with van der Waals surface area (Å²) in [5, 5.41) is 3.33. The molecular formula is C18H26Cl2F4N2O2. The predicted octanol–water partition coefficient (Wildman–Crippen LogP) is 4.14. The number of piperazine rings is 1. The maximum absolute atomic E-state index is 13.1. The number of nitrogens with one attached hydrogen (secondary N) is 1. The number of ether oxygens (including phenoxy) is 2. The van der Waals surface area contributed by atoms with E-state index in [0.29, 0.717) is 5.92 Å². The summed E-state index contributed by atoms with van der Waals surface area (Å²) in [4.78, 5) is 2.40. The molecule has 0 amide bonds. The largest absolute Gasteiger partial charge is 0.461 e. The number of halogens is 6. The smallest absolute Gasteiger partial charge is 0.428 e. The highest BCUT2D eigenvalue weighted by atomic mass is 35.5. The lowest BCUT2D eigenvalue weighted by Gasteiger charge is -2.41. The lowest BCUT2D eigenvalue weighted by molar-refractivity contribution is -0.253. The number of hydrogen-bond acceptors (Lipinski definition) is 4. The summed E-state index contributed by atoms with van der Waals surface area (Å²) >= 11 is 0. The Labute approximate surface area is 174 Å². The van der Waals surface area contributed by atoms with Gasteiger partial charge in [0.25, 0.3) is 0 Å². The highest BCUT2D eigenvalue weighted by molar-refractivity contribution is 5.85. The Morgan fingerprint density at radius 3 is 2.14 bits per heavy atom. The minimum atomic E-state index is -4.49. The first kappa shape index (κ1) is 25.2. The fourth-order valence-corrected chi connectivity index (χ4v) is 3.71. The van der Waals surface area contributed by atoms with E-state index in [1.165, 1.54) is 12.1 Å². The summed E-state index contributed by atoms with van der Waals surface area (Å²) < 4.78 is 60.4. The van der Waals surface area contributed by atoms with Gasteiger partial charge in [-0.1, -0.05) is 12.1 Å². The Morgan fingerprint density at radius 2 is 1.61 bits per heavy atom. The van der Waals surface area contributed by atoms with E-state index < -0.39 is 12.5 Å². The van der Waals surface area contributed by atoms with Crippen LogP contribution < -0.4 is 10.1 Å². The fraction of sp³-hybridized carbons (Fsp3) is 0.667. The maximum atomic E-state index is 13.1. The first-order valence-electron chi connectivity index (χ1n) is 8.95. The molecule has 10 heteroatoms. The summed E-state index contributed by atoms with van der Waals surface area (Å²) in [6.07, 6.45) is -6.47. The van der Waals surface area contributed by atoms with Crippen molar-refractivity contribution in [3.8, 4) is 5.75 Å². The van der Waals surface area contributed by atoms with E-state index in [-0.39, 0.29) is 36.6 Å². The van der Waals surface area contributed by atoms with Gasteiger partial charge in [-0.3, -0.25) is 4.90 Å². The van der Waals surface area contributed by atoms with Gasteiger partial charge in [-0.25, -0.2) is 0 Å². The van der Waals surface area contributed by atoms with Crippen LogP contribution in [0.3, 0.4) is 0 Å². The molecule has 1 aromatic rings. The molecule has 2 heterocycles. The minimum absolute atomic E-state index is 0. The molecule has 0 aliphatic carbocycles. The van der Waals surface area contributed by atoms with Crippen LogP contribution in [0.25, 0.3) is 0 Å². The molecule has 28 heavy (non-hydrogen) atoms. The molecule has 0 aromatic heterocycles.